The van der Waals surface area contributed by atoms with Crippen molar-refractivity contribution in [3.8, 4) is 11.5 Å². The average Bonchev–Trinajstić information content (AvgIpc) is 2.73. The number of rotatable bonds is 8. The maximum absolute atomic E-state index is 5.98. The first-order chi connectivity index (χ1) is 14.5. The molecule has 0 fully saturated rings. The fraction of sp³-hybridized carbons (Fsp3) is 0.167. The SMILES string of the molecule is C=C(C)c1ccccc1OC/C=C\c1ccc(OC)c(Cc2cnc(N)nc2N)c1. The number of para-hydroxylation sites is 1. The number of nitrogens with two attached hydrogens (primary N) is 2. The standard InChI is InChI=1S/C24H26N4O2/c1-16(2)20-8-4-5-9-22(20)30-12-6-7-17-10-11-21(29-3)18(13-17)14-19-15-27-24(26)28-23(19)25/h4-11,13,15H,1,12,14H2,2-3H3,(H4,25,26,27,28)/b7-6-. The Labute approximate surface area is 176 Å². The fourth-order valence-corrected chi connectivity index (χ4v) is 3.08. The van der Waals surface area contributed by atoms with Crippen molar-refractivity contribution in [2.75, 3.05) is 25.2 Å². The molecule has 6 heteroatoms. The van der Waals surface area contributed by atoms with Gasteiger partial charge in [-0.3, -0.25) is 0 Å². The third kappa shape index (κ3) is 5.17. The van der Waals surface area contributed by atoms with Gasteiger partial charge < -0.3 is 20.9 Å². The molecule has 3 aromatic rings. The van der Waals surface area contributed by atoms with Crippen molar-refractivity contribution in [3.05, 3.63) is 83.6 Å². The molecule has 0 aliphatic heterocycles. The van der Waals surface area contributed by atoms with Crippen LogP contribution < -0.4 is 20.9 Å². The number of nitrogens with zero attached hydrogens (tertiary/aromatic N) is 2. The summed E-state index contributed by atoms with van der Waals surface area (Å²) < 4.78 is 11.4. The summed E-state index contributed by atoms with van der Waals surface area (Å²) in [5.41, 5.74) is 16.3. The molecule has 0 aliphatic carbocycles. The zero-order chi connectivity index (χ0) is 21.5. The first-order valence-corrected chi connectivity index (χ1v) is 9.56. The number of anilines is 2. The van der Waals surface area contributed by atoms with E-state index in [9.17, 15) is 0 Å². The molecule has 0 atom stereocenters. The van der Waals surface area contributed by atoms with Crippen molar-refractivity contribution in [1.29, 1.82) is 0 Å². The van der Waals surface area contributed by atoms with Crippen LogP contribution in [0.15, 0.2) is 61.3 Å². The quantitative estimate of drug-likeness (QED) is 0.581. The highest BCUT2D eigenvalue weighted by Gasteiger charge is 2.09. The molecule has 4 N–H and O–H groups in total. The van der Waals surface area contributed by atoms with Crippen molar-refractivity contribution in [3.63, 3.8) is 0 Å². The predicted octanol–water partition coefficient (Wildman–Crippen LogP) is 4.37. The van der Waals surface area contributed by atoms with Gasteiger partial charge in [0.15, 0.2) is 0 Å². The van der Waals surface area contributed by atoms with Crippen LogP contribution in [-0.2, 0) is 6.42 Å². The van der Waals surface area contributed by atoms with Crippen LogP contribution >= 0.6 is 0 Å². The van der Waals surface area contributed by atoms with E-state index >= 15 is 0 Å². The zero-order valence-corrected chi connectivity index (χ0v) is 17.3. The Bertz CT molecular complexity index is 1080. The number of hydrogen-bond donors (Lipinski definition) is 2. The summed E-state index contributed by atoms with van der Waals surface area (Å²) in [5, 5.41) is 0. The highest BCUT2D eigenvalue weighted by Crippen LogP contribution is 2.26. The number of methoxy groups -OCH3 is 1. The van der Waals surface area contributed by atoms with Gasteiger partial charge in [-0.15, -0.1) is 0 Å². The Balaban J connectivity index is 1.72. The summed E-state index contributed by atoms with van der Waals surface area (Å²) in [6.07, 6.45) is 6.17. The molecular weight excluding hydrogens is 376 g/mol. The summed E-state index contributed by atoms with van der Waals surface area (Å²) >= 11 is 0. The monoisotopic (exact) mass is 402 g/mol. The molecule has 3 rings (SSSR count). The molecule has 0 amide bonds. The summed E-state index contributed by atoms with van der Waals surface area (Å²) in [6, 6.07) is 13.8. The van der Waals surface area contributed by atoms with Crippen LogP contribution in [-0.4, -0.2) is 23.7 Å². The largest absolute Gasteiger partial charge is 0.496 e. The first kappa shape index (κ1) is 20.9. The summed E-state index contributed by atoms with van der Waals surface area (Å²) in [7, 11) is 1.64. The Hall–Kier alpha value is -3.80. The van der Waals surface area contributed by atoms with Crippen molar-refractivity contribution < 1.29 is 9.47 Å². The van der Waals surface area contributed by atoms with Crippen molar-refractivity contribution in [1.82, 2.24) is 9.97 Å². The molecule has 0 spiro atoms. The van der Waals surface area contributed by atoms with Gasteiger partial charge in [-0.05, 0) is 47.9 Å². The van der Waals surface area contributed by atoms with Gasteiger partial charge in [0, 0.05) is 23.7 Å². The Morgan fingerprint density at radius 1 is 1.10 bits per heavy atom. The van der Waals surface area contributed by atoms with Gasteiger partial charge in [-0.25, -0.2) is 4.98 Å². The minimum atomic E-state index is 0.160. The van der Waals surface area contributed by atoms with Crippen LogP contribution in [0.1, 0.15) is 29.2 Å². The van der Waals surface area contributed by atoms with Gasteiger partial charge >= 0.3 is 0 Å². The molecule has 0 radical (unpaired) electrons. The van der Waals surface area contributed by atoms with Gasteiger partial charge in [0.25, 0.3) is 0 Å². The van der Waals surface area contributed by atoms with Crippen LogP contribution in [0.2, 0.25) is 0 Å². The number of benzene rings is 2. The summed E-state index contributed by atoms with van der Waals surface area (Å²) in [4.78, 5) is 8.06. The molecule has 0 saturated heterocycles. The molecule has 2 aromatic carbocycles. The van der Waals surface area contributed by atoms with E-state index < -0.39 is 0 Å². The zero-order valence-electron chi connectivity index (χ0n) is 17.3. The second-order valence-corrected chi connectivity index (χ2v) is 6.88. The van der Waals surface area contributed by atoms with Crippen LogP contribution in [0.5, 0.6) is 11.5 Å². The van der Waals surface area contributed by atoms with E-state index in [1.165, 1.54) is 0 Å². The normalized spacial score (nSPS) is 10.9. The van der Waals surface area contributed by atoms with Crippen LogP contribution in [0.3, 0.4) is 0 Å². The number of ether oxygens (including phenoxy) is 2. The molecule has 30 heavy (non-hydrogen) atoms. The topological polar surface area (TPSA) is 96.3 Å². The van der Waals surface area contributed by atoms with Crippen molar-refractivity contribution in [2.24, 2.45) is 0 Å². The summed E-state index contributed by atoms with van der Waals surface area (Å²) in [5.74, 6) is 2.13. The minimum absolute atomic E-state index is 0.160. The van der Waals surface area contributed by atoms with Gasteiger partial charge in [0.05, 0.1) is 7.11 Å². The Morgan fingerprint density at radius 2 is 1.90 bits per heavy atom. The number of allylic oxidation sites excluding steroid dienone is 1. The average molecular weight is 402 g/mol. The second-order valence-electron chi connectivity index (χ2n) is 6.88. The van der Waals surface area contributed by atoms with Crippen LogP contribution in [0.25, 0.3) is 11.6 Å². The van der Waals surface area contributed by atoms with Crippen molar-refractivity contribution in [2.45, 2.75) is 13.3 Å². The number of aromatic nitrogens is 2. The van der Waals surface area contributed by atoms with Gasteiger partial charge in [-0.1, -0.05) is 36.9 Å². The van der Waals surface area contributed by atoms with E-state index in [2.05, 4.69) is 16.5 Å². The molecule has 154 valence electrons. The van der Waals surface area contributed by atoms with Gasteiger partial charge in [-0.2, -0.15) is 4.98 Å². The lowest BCUT2D eigenvalue weighted by molar-refractivity contribution is 0.362. The Morgan fingerprint density at radius 3 is 2.63 bits per heavy atom. The predicted molar refractivity (Wildman–Crippen MR) is 122 cm³/mol. The van der Waals surface area contributed by atoms with Crippen molar-refractivity contribution >= 4 is 23.4 Å². The molecule has 0 bridgehead atoms. The minimum Gasteiger partial charge on any atom is -0.496 e. The van der Waals surface area contributed by atoms with Gasteiger partial charge in [0.2, 0.25) is 5.95 Å². The lowest BCUT2D eigenvalue weighted by Crippen LogP contribution is -2.04. The smallest absolute Gasteiger partial charge is 0.221 e. The first-order valence-electron chi connectivity index (χ1n) is 9.56. The number of hydrogen-bond acceptors (Lipinski definition) is 6. The highest BCUT2D eigenvalue weighted by atomic mass is 16.5. The molecule has 0 unspecified atom stereocenters. The van der Waals surface area contributed by atoms with Crippen LogP contribution in [0, 0.1) is 0 Å². The number of nitrogen functional groups attached to an aromatic ring is 2. The Kier molecular flexibility index (Phi) is 6.70. The molecule has 6 nitrogen and oxygen atoms in total. The van der Waals surface area contributed by atoms with Gasteiger partial charge in [0.1, 0.15) is 23.9 Å². The lowest BCUT2D eigenvalue weighted by atomic mass is 10.0. The van der Waals surface area contributed by atoms with E-state index in [0.717, 1.165) is 39.3 Å². The van der Waals surface area contributed by atoms with E-state index in [0.29, 0.717) is 18.8 Å². The second kappa shape index (κ2) is 9.60. The molecule has 0 aliphatic rings. The van der Waals surface area contributed by atoms with Crippen LogP contribution in [0.4, 0.5) is 11.8 Å². The van der Waals surface area contributed by atoms with E-state index in [1.807, 2.05) is 61.5 Å². The van der Waals surface area contributed by atoms with E-state index in [-0.39, 0.29) is 5.95 Å². The molecule has 1 heterocycles. The van der Waals surface area contributed by atoms with E-state index in [4.69, 9.17) is 20.9 Å². The maximum Gasteiger partial charge on any atom is 0.221 e. The fourth-order valence-electron chi connectivity index (χ4n) is 3.08. The lowest BCUT2D eigenvalue weighted by Gasteiger charge is -2.11. The van der Waals surface area contributed by atoms with E-state index in [1.54, 1.807) is 13.3 Å². The summed E-state index contributed by atoms with van der Waals surface area (Å²) in [6.45, 7) is 6.42. The molecular formula is C24H26N4O2. The third-order valence-electron chi connectivity index (χ3n) is 4.59. The highest BCUT2D eigenvalue weighted by molar-refractivity contribution is 5.67. The molecule has 1 aromatic heterocycles. The third-order valence-corrected chi connectivity index (χ3v) is 4.59. The maximum atomic E-state index is 5.98. The molecule has 0 saturated carbocycles.